The number of nitrogens with one attached hydrogen (secondary N) is 1. The monoisotopic (exact) mass is 629 g/mol. The number of hydrogen-bond acceptors (Lipinski definition) is 6. The summed E-state index contributed by atoms with van der Waals surface area (Å²) in [4.78, 5) is 16.2. The minimum Gasteiger partial charge on any atom is -0.489 e. The Morgan fingerprint density at radius 2 is 1.73 bits per heavy atom. The summed E-state index contributed by atoms with van der Waals surface area (Å²) in [6.45, 7) is -1.35. The molecule has 0 spiro atoms. The van der Waals surface area contributed by atoms with Crippen LogP contribution in [0.25, 0.3) is 0 Å². The van der Waals surface area contributed by atoms with Gasteiger partial charge in [-0.05, 0) is 55.5 Å². The number of ether oxygens (including phenoxy) is 3. The van der Waals surface area contributed by atoms with Gasteiger partial charge in [0.05, 0.1) is 11.5 Å². The van der Waals surface area contributed by atoms with Crippen molar-refractivity contribution in [3.63, 3.8) is 0 Å². The molecule has 1 N–H and O–H groups in total. The van der Waals surface area contributed by atoms with E-state index in [1.807, 2.05) is 0 Å². The van der Waals surface area contributed by atoms with Crippen LogP contribution in [0.3, 0.4) is 0 Å². The SMILES string of the molecule is C[C@@H](C(=O)O[C@@H](Cc1c(Cl)c[nH+]cc1Cl)c1ccc(OC(F)F)c(OCC2CC2)c1)N(C)S(=O)(=O)c1ccccc1. The standard InChI is InChI=1S/C28H28Cl2F2N2O6S/c1-17(34(2)41(36,37)20-6-4-3-5-7-20)27(35)39-25(13-21-22(29)14-33-15-23(21)30)19-10-11-24(40-28(31)32)26(12-19)38-16-18-8-9-18/h3-7,10-12,14-15,17-18,25,28H,8-9,13,16H2,1-2H3/p+1/t17-,25-/m0/s1. The highest BCUT2D eigenvalue weighted by molar-refractivity contribution is 7.89. The van der Waals surface area contributed by atoms with Gasteiger partial charge in [-0.3, -0.25) is 4.79 Å². The first-order valence-electron chi connectivity index (χ1n) is 12.8. The van der Waals surface area contributed by atoms with E-state index in [1.54, 1.807) is 18.2 Å². The highest BCUT2D eigenvalue weighted by Crippen LogP contribution is 2.38. The van der Waals surface area contributed by atoms with Gasteiger partial charge in [0, 0.05) is 19.0 Å². The molecule has 3 aromatic rings. The minimum atomic E-state index is -4.01. The van der Waals surface area contributed by atoms with Crippen LogP contribution < -0.4 is 14.5 Å². The van der Waals surface area contributed by atoms with Crippen molar-refractivity contribution >= 4 is 39.2 Å². The van der Waals surface area contributed by atoms with E-state index < -0.39 is 34.7 Å². The van der Waals surface area contributed by atoms with Gasteiger partial charge in [0.25, 0.3) is 0 Å². The molecule has 0 unspecified atom stereocenters. The van der Waals surface area contributed by atoms with E-state index in [9.17, 15) is 22.0 Å². The van der Waals surface area contributed by atoms with E-state index >= 15 is 0 Å². The van der Waals surface area contributed by atoms with Crippen LogP contribution >= 0.6 is 23.2 Å². The van der Waals surface area contributed by atoms with Gasteiger partial charge in [-0.25, -0.2) is 13.4 Å². The predicted octanol–water partition coefficient (Wildman–Crippen LogP) is 5.73. The number of aromatic amines is 1. The summed E-state index contributed by atoms with van der Waals surface area (Å²) in [5.41, 5.74) is 0.836. The fourth-order valence-corrected chi connectivity index (χ4v) is 5.83. The fourth-order valence-electron chi connectivity index (χ4n) is 3.96. The number of likely N-dealkylation sites (N-methyl/N-ethyl adjacent to an activating group) is 1. The number of carbonyl (C=O) groups excluding carboxylic acids is 1. The number of H-pyrrole nitrogens is 1. The molecule has 4 rings (SSSR count). The smallest absolute Gasteiger partial charge is 0.387 e. The molecule has 0 bridgehead atoms. The second-order valence-electron chi connectivity index (χ2n) is 9.61. The molecule has 0 radical (unpaired) electrons. The lowest BCUT2D eigenvalue weighted by Gasteiger charge is -2.26. The van der Waals surface area contributed by atoms with Crippen molar-refractivity contribution in [3.05, 3.63) is 82.1 Å². The number of carbonyl (C=O) groups is 1. The van der Waals surface area contributed by atoms with Crippen LogP contribution in [-0.2, 0) is 26.0 Å². The Morgan fingerprint density at radius 1 is 1.07 bits per heavy atom. The van der Waals surface area contributed by atoms with Crippen molar-refractivity contribution in [2.45, 2.75) is 49.8 Å². The summed E-state index contributed by atoms with van der Waals surface area (Å²) in [6, 6.07) is 10.7. The van der Waals surface area contributed by atoms with Crippen molar-refractivity contribution in [2.24, 2.45) is 5.92 Å². The quantitative estimate of drug-likeness (QED) is 0.224. The van der Waals surface area contributed by atoms with E-state index in [-0.39, 0.29) is 32.9 Å². The molecular formula is C28H29Cl2F2N2O6S+. The number of hydrogen-bond donors (Lipinski definition) is 0. The summed E-state index contributed by atoms with van der Waals surface area (Å²) < 4.78 is 69.6. The molecule has 1 aliphatic carbocycles. The number of alkyl halides is 2. The highest BCUT2D eigenvalue weighted by Gasteiger charge is 2.33. The largest absolute Gasteiger partial charge is 0.489 e. The number of benzene rings is 2. The number of rotatable bonds is 13. The van der Waals surface area contributed by atoms with Crippen molar-refractivity contribution in [3.8, 4) is 11.5 Å². The van der Waals surface area contributed by atoms with Gasteiger partial charge >= 0.3 is 12.6 Å². The average Bonchev–Trinajstić information content (AvgIpc) is 3.78. The van der Waals surface area contributed by atoms with Crippen molar-refractivity contribution in [1.29, 1.82) is 0 Å². The lowest BCUT2D eigenvalue weighted by Crippen LogP contribution is -2.41. The number of sulfonamides is 1. The number of aromatic nitrogens is 1. The third-order valence-electron chi connectivity index (χ3n) is 6.68. The number of esters is 1. The molecule has 1 heterocycles. The van der Waals surface area contributed by atoms with E-state index in [0.29, 0.717) is 23.7 Å². The summed E-state index contributed by atoms with van der Waals surface area (Å²) >= 11 is 12.7. The summed E-state index contributed by atoms with van der Waals surface area (Å²) in [5.74, 6) is -0.624. The first kappa shape index (κ1) is 31.0. The van der Waals surface area contributed by atoms with E-state index in [1.165, 1.54) is 56.7 Å². The van der Waals surface area contributed by atoms with E-state index in [2.05, 4.69) is 9.72 Å². The van der Waals surface area contributed by atoms with Gasteiger partial charge in [0.2, 0.25) is 10.0 Å². The maximum Gasteiger partial charge on any atom is 0.387 e. The normalized spacial score (nSPS) is 15.0. The van der Waals surface area contributed by atoms with Gasteiger partial charge in [0.1, 0.15) is 22.2 Å². The van der Waals surface area contributed by atoms with Gasteiger partial charge < -0.3 is 14.2 Å². The Morgan fingerprint density at radius 3 is 2.34 bits per heavy atom. The van der Waals surface area contributed by atoms with Crippen molar-refractivity contribution in [1.82, 2.24) is 4.31 Å². The highest BCUT2D eigenvalue weighted by atomic mass is 35.5. The topological polar surface area (TPSA) is 96.3 Å². The van der Waals surface area contributed by atoms with Crippen molar-refractivity contribution < 1.29 is 41.2 Å². The zero-order valence-corrected chi connectivity index (χ0v) is 24.6. The Hall–Kier alpha value is -2.99. The Labute approximate surface area is 247 Å². The number of nitrogens with zero attached hydrogens (tertiary/aromatic N) is 1. The van der Waals surface area contributed by atoms with Crippen LogP contribution in [0.15, 0.2) is 65.8 Å². The summed E-state index contributed by atoms with van der Waals surface area (Å²) in [5, 5.41) is 0.552. The summed E-state index contributed by atoms with van der Waals surface area (Å²) in [6.07, 6.45) is 3.92. The van der Waals surface area contributed by atoms with E-state index in [4.69, 9.17) is 32.7 Å². The molecule has 0 amide bonds. The lowest BCUT2D eigenvalue weighted by molar-refractivity contribution is -0.377. The van der Waals surface area contributed by atoms with Gasteiger partial charge in [-0.2, -0.15) is 13.1 Å². The number of halogens is 4. The third-order valence-corrected chi connectivity index (χ3v) is 9.30. The molecule has 1 aromatic heterocycles. The molecule has 2 aromatic carbocycles. The van der Waals surface area contributed by atoms with Crippen LogP contribution in [0.2, 0.25) is 10.0 Å². The predicted molar refractivity (Wildman–Crippen MR) is 148 cm³/mol. The molecule has 8 nitrogen and oxygen atoms in total. The fraction of sp³-hybridized carbons (Fsp3) is 0.357. The maximum absolute atomic E-state index is 13.4. The van der Waals surface area contributed by atoms with Crippen LogP contribution in [-0.4, -0.2) is 45.0 Å². The zero-order valence-electron chi connectivity index (χ0n) is 22.2. The van der Waals surface area contributed by atoms with Gasteiger partial charge in [-0.1, -0.05) is 47.5 Å². The van der Waals surface area contributed by atoms with Gasteiger partial charge in [-0.15, -0.1) is 0 Å². The minimum absolute atomic E-state index is 0.00290. The first-order valence-corrected chi connectivity index (χ1v) is 15.0. The molecule has 0 saturated heterocycles. The second-order valence-corrected chi connectivity index (χ2v) is 12.4. The molecule has 1 saturated carbocycles. The maximum atomic E-state index is 13.4. The molecule has 13 heteroatoms. The van der Waals surface area contributed by atoms with Crippen LogP contribution in [0.5, 0.6) is 11.5 Å². The van der Waals surface area contributed by atoms with Crippen LogP contribution in [0.1, 0.15) is 37.0 Å². The summed E-state index contributed by atoms with van der Waals surface area (Å²) in [7, 11) is -2.73. The van der Waals surface area contributed by atoms with Crippen LogP contribution in [0.4, 0.5) is 8.78 Å². The zero-order chi connectivity index (χ0) is 29.7. The second kappa shape index (κ2) is 13.3. The Balaban J connectivity index is 1.65. The molecular weight excluding hydrogens is 601 g/mol. The number of pyridine rings is 1. The molecule has 41 heavy (non-hydrogen) atoms. The van der Waals surface area contributed by atoms with Crippen LogP contribution in [0, 0.1) is 5.92 Å². The first-order chi connectivity index (χ1) is 19.5. The van der Waals surface area contributed by atoms with Gasteiger partial charge in [0.15, 0.2) is 23.9 Å². The lowest BCUT2D eigenvalue weighted by atomic mass is 10.0. The van der Waals surface area contributed by atoms with E-state index in [0.717, 1.165) is 17.1 Å². The average molecular weight is 631 g/mol. The Kier molecular flexibility index (Phi) is 10.1. The molecule has 1 fully saturated rings. The molecule has 2 atom stereocenters. The molecule has 1 aliphatic rings. The third kappa shape index (κ3) is 7.85. The van der Waals surface area contributed by atoms with Crippen molar-refractivity contribution in [2.75, 3.05) is 13.7 Å². The molecule has 0 aliphatic heterocycles. The molecule has 220 valence electrons. The Bertz CT molecular complexity index is 1460.